The van der Waals surface area contributed by atoms with Crippen LogP contribution in [0.4, 0.5) is 0 Å². The van der Waals surface area contributed by atoms with Gasteiger partial charge in [0, 0.05) is 19.5 Å². The molecule has 104 valence electrons. The number of hydrogen-bond donors (Lipinski definition) is 1. The van der Waals surface area contributed by atoms with Gasteiger partial charge in [-0.25, -0.2) is 0 Å². The van der Waals surface area contributed by atoms with Crippen LogP contribution in [0.3, 0.4) is 0 Å². The fraction of sp³-hybridized carbons (Fsp3) is 0.933. The molecule has 1 aliphatic heterocycles. The third-order valence-corrected chi connectivity index (χ3v) is 4.69. The average molecular weight is 253 g/mol. The molecule has 18 heavy (non-hydrogen) atoms. The lowest BCUT2D eigenvalue weighted by Gasteiger charge is -2.50. The lowest BCUT2D eigenvalue weighted by Crippen LogP contribution is -2.50. The second-order valence-corrected chi connectivity index (χ2v) is 6.73. The van der Waals surface area contributed by atoms with Crippen LogP contribution in [0.1, 0.15) is 58.8 Å². The van der Waals surface area contributed by atoms with Gasteiger partial charge in [-0.1, -0.05) is 20.3 Å². The SMILES string of the molecule is CC(C)CCCC(=O)N1CCC2(CC1)CC(O)C2. The van der Waals surface area contributed by atoms with Crippen LogP contribution in [-0.4, -0.2) is 35.1 Å². The number of likely N-dealkylation sites (tertiary alicyclic amines) is 1. The molecule has 0 atom stereocenters. The van der Waals surface area contributed by atoms with E-state index in [2.05, 4.69) is 13.8 Å². The van der Waals surface area contributed by atoms with Crippen molar-refractivity contribution in [3.8, 4) is 0 Å². The van der Waals surface area contributed by atoms with Gasteiger partial charge in [-0.15, -0.1) is 0 Å². The highest BCUT2D eigenvalue weighted by atomic mass is 16.3. The van der Waals surface area contributed by atoms with Gasteiger partial charge in [0.1, 0.15) is 0 Å². The van der Waals surface area contributed by atoms with Crippen molar-refractivity contribution in [1.29, 1.82) is 0 Å². The second-order valence-electron chi connectivity index (χ2n) is 6.73. The van der Waals surface area contributed by atoms with Gasteiger partial charge >= 0.3 is 0 Å². The predicted octanol–water partition coefficient (Wildman–Crippen LogP) is 2.58. The molecular weight excluding hydrogens is 226 g/mol. The summed E-state index contributed by atoms with van der Waals surface area (Å²) >= 11 is 0. The number of aliphatic hydroxyl groups is 1. The van der Waals surface area contributed by atoms with Gasteiger partial charge in [0.25, 0.3) is 0 Å². The van der Waals surface area contributed by atoms with E-state index in [1.807, 2.05) is 4.90 Å². The van der Waals surface area contributed by atoms with Gasteiger partial charge in [-0.3, -0.25) is 4.79 Å². The number of carbonyl (C=O) groups excluding carboxylic acids is 1. The summed E-state index contributed by atoms with van der Waals surface area (Å²) in [6, 6.07) is 0. The molecule has 0 radical (unpaired) electrons. The maximum absolute atomic E-state index is 12.0. The van der Waals surface area contributed by atoms with Crippen molar-refractivity contribution < 1.29 is 9.90 Å². The zero-order valence-corrected chi connectivity index (χ0v) is 11.8. The molecule has 1 amide bonds. The summed E-state index contributed by atoms with van der Waals surface area (Å²) in [5, 5.41) is 9.43. The minimum absolute atomic E-state index is 0.0710. The van der Waals surface area contributed by atoms with E-state index in [0.29, 0.717) is 23.7 Å². The minimum Gasteiger partial charge on any atom is -0.393 e. The highest BCUT2D eigenvalue weighted by molar-refractivity contribution is 5.76. The first-order valence-corrected chi connectivity index (χ1v) is 7.47. The third kappa shape index (κ3) is 3.25. The van der Waals surface area contributed by atoms with E-state index < -0.39 is 0 Å². The summed E-state index contributed by atoms with van der Waals surface area (Å²) in [5.41, 5.74) is 0.383. The number of aliphatic hydroxyl groups excluding tert-OH is 1. The summed E-state index contributed by atoms with van der Waals surface area (Å²) in [4.78, 5) is 14.1. The van der Waals surface area contributed by atoms with Crippen LogP contribution in [-0.2, 0) is 4.79 Å². The van der Waals surface area contributed by atoms with E-state index in [0.717, 1.165) is 51.6 Å². The maximum Gasteiger partial charge on any atom is 0.222 e. The summed E-state index contributed by atoms with van der Waals surface area (Å²) < 4.78 is 0. The summed E-state index contributed by atoms with van der Waals surface area (Å²) in [5.74, 6) is 1.03. The Morgan fingerprint density at radius 1 is 1.33 bits per heavy atom. The fourth-order valence-electron chi connectivity index (χ4n) is 3.40. The minimum atomic E-state index is -0.0710. The Kier molecular flexibility index (Phi) is 4.31. The van der Waals surface area contributed by atoms with Gasteiger partial charge in [-0.2, -0.15) is 0 Å². The largest absolute Gasteiger partial charge is 0.393 e. The molecule has 3 nitrogen and oxygen atoms in total. The van der Waals surface area contributed by atoms with Crippen molar-refractivity contribution in [3.63, 3.8) is 0 Å². The Morgan fingerprint density at radius 3 is 2.44 bits per heavy atom. The van der Waals surface area contributed by atoms with E-state index in [1.165, 1.54) is 0 Å². The maximum atomic E-state index is 12.0. The molecule has 0 aromatic heterocycles. The molecule has 1 N–H and O–H groups in total. The van der Waals surface area contributed by atoms with E-state index in [-0.39, 0.29) is 6.10 Å². The van der Waals surface area contributed by atoms with E-state index >= 15 is 0 Å². The van der Waals surface area contributed by atoms with E-state index in [1.54, 1.807) is 0 Å². The van der Waals surface area contributed by atoms with Crippen molar-refractivity contribution in [2.24, 2.45) is 11.3 Å². The average Bonchev–Trinajstić information content (AvgIpc) is 2.27. The Hall–Kier alpha value is -0.570. The molecule has 2 fully saturated rings. The van der Waals surface area contributed by atoms with Crippen molar-refractivity contribution >= 4 is 5.91 Å². The Balaban J connectivity index is 1.68. The van der Waals surface area contributed by atoms with E-state index in [4.69, 9.17) is 0 Å². The van der Waals surface area contributed by atoms with Crippen LogP contribution in [0.15, 0.2) is 0 Å². The molecule has 1 heterocycles. The van der Waals surface area contributed by atoms with Gasteiger partial charge in [0.2, 0.25) is 5.91 Å². The number of amides is 1. The molecule has 0 bridgehead atoms. The van der Waals surface area contributed by atoms with Crippen LogP contribution < -0.4 is 0 Å². The molecule has 1 saturated carbocycles. The first-order chi connectivity index (χ1) is 8.51. The van der Waals surface area contributed by atoms with Gasteiger partial charge in [-0.05, 0) is 43.4 Å². The normalized spacial score (nSPS) is 23.4. The fourth-order valence-corrected chi connectivity index (χ4v) is 3.40. The molecule has 2 rings (SSSR count). The number of carbonyl (C=O) groups is 1. The molecule has 3 heteroatoms. The quantitative estimate of drug-likeness (QED) is 0.836. The molecule has 0 unspecified atom stereocenters. The number of nitrogens with zero attached hydrogens (tertiary/aromatic N) is 1. The van der Waals surface area contributed by atoms with Crippen molar-refractivity contribution in [2.75, 3.05) is 13.1 Å². The zero-order valence-electron chi connectivity index (χ0n) is 11.8. The lowest BCUT2D eigenvalue weighted by molar-refractivity contribution is -0.137. The smallest absolute Gasteiger partial charge is 0.222 e. The van der Waals surface area contributed by atoms with Crippen molar-refractivity contribution in [3.05, 3.63) is 0 Å². The van der Waals surface area contributed by atoms with Crippen molar-refractivity contribution in [2.45, 2.75) is 64.9 Å². The Bertz CT molecular complexity index is 285. The van der Waals surface area contributed by atoms with Gasteiger partial charge < -0.3 is 10.0 Å². The van der Waals surface area contributed by atoms with Crippen LogP contribution >= 0.6 is 0 Å². The molecular formula is C15H27NO2. The van der Waals surface area contributed by atoms with Crippen molar-refractivity contribution in [1.82, 2.24) is 4.90 Å². The topological polar surface area (TPSA) is 40.5 Å². The number of piperidine rings is 1. The lowest BCUT2D eigenvalue weighted by atomic mass is 9.61. The summed E-state index contributed by atoms with van der Waals surface area (Å²) in [6.45, 7) is 6.23. The molecule has 2 aliphatic rings. The standard InChI is InChI=1S/C15H27NO2/c1-12(2)4-3-5-14(18)16-8-6-15(7-9-16)10-13(17)11-15/h12-13,17H,3-11H2,1-2H3. The zero-order chi connectivity index (χ0) is 13.2. The van der Waals surface area contributed by atoms with Crippen LogP contribution in [0.25, 0.3) is 0 Å². The predicted molar refractivity (Wildman–Crippen MR) is 72.2 cm³/mol. The molecule has 0 aromatic carbocycles. The van der Waals surface area contributed by atoms with Crippen LogP contribution in [0, 0.1) is 11.3 Å². The summed E-state index contributed by atoms with van der Waals surface area (Å²) in [6.07, 6.45) is 6.93. The van der Waals surface area contributed by atoms with Crippen LogP contribution in [0.2, 0.25) is 0 Å². The highest BCUT2D eigenvalue weighted by Crippen LogP contribution is 2.48. The Morgan fingerprint density at radius 2 is 1.94 bits per heavy atom. The number of rotatable bonds is 4. The molecule has 0 aromatic rings. The monoisotopic (exact) mass is 253 g/mol. The van der Waals surface area contributed by atoms with Gasteiger partial charge in [0.05, 0.1) is 6.10 Å². The first-order valence-electron chi connectivity index (χ1n) is 7.47. The third-order valence-electron chi connectivity index (χ3n) is 4.69. The molecule has 1 spiro atoms. The Labute approximate surface area is 111 Å². The first kappa shape index (κ1) is 13.9. The molecule has 1 aliphatic carbocycles. The van der Waals surface area contributed by atoms with Gasteiger partial charge in [0.15, 0.2) is 0 Å². The second kappa shape index (κ2) is 5.60. The van der Waals surface area contributed by atoms with Crippen LogP contribution in [0.5, 0.6) is 0 Å². The van der Waals surface area contributed by atoms with E-state index in [9.17, 15) is 9.90 Å². The highest BCUT2D eigenvalue weighted by Gasteiger charge is 2.45. The molecule has 1 saturated heterocycles. The summed E-state index contributed by atoms with van der Waals surface area (Å²) in [7, 11) is 0. The number of hydrogen-bond acceptors (Lipinski definition) is 2.